The second kappa shape index (κ2) is 6.49. The highest BCUT2D eigenvalue weighted by Crippen LogP contribution is 2.10. The molecule has 0 atom stereocenters. The molecular formula is C17H12N2O3. The van der Waals surface area contributed by atoms with Crippen LogP contribution in [-0.4, -0.2) is 16.7 Å². The van der Waals surface area contributed by atoms with Crippen molar-refractivity contribution in [1.29, 1.82) is 0 Å². The van der Waals surface area contributed by atoms with Gasteiger partial charge in [0.25, 0.3) is 0 Å². The van der Waals surface area contributed by atoms with Gasteiger partial charge < -0.3 is 9.25 Å². The Kier molecular flexibility index (Phi) is 4.06. The third-order valence-corrected chi connectivity index (χ3v) is 2.90. The molecule has 0 unspecified atom stereocenters. The van der Waals surface area contributed by atoms with Gasteiger partial charge in [0.05, 0.1) is 12.0 Å². The van der Waals surface area contributed by atoms with Gasteiger partial charge in [0.2, 0.25) is 5.76 Å². The van der Waals surface area contributed by atoms with Crippen LogP contribution in [-0.2, 0) is 4.84 Å². The van der Waals surface area contributed by atoms with Gasteiger partial charge in [-0.05, 0) is 24.3 Å². The maximum Gasteiger partial charge on any atom is 0.400 e. The Balaban J connectivity index is 1.92. The average molecular weight is 292 g/mol. The number of hydrogen-bond acceptors (Lipinski definition) is 5. The first kappa shape index (κ1) is 13.8. The van der Waals surface area contributed by atoms with Gasteiger partial charge in [0.1, 0.15) is 5.71 Å². The molecule has 0 aliphatic carbocycles. The van der Waals surface area contributed by atoms with Crippen LogP contribution >= 0.6 is 0 Å². The number of carbonyl (C=O) groups excluding carboxylic acids is 1. The van der Waals surface area contributed by atoms with Crippen LogP contribution in [0.1, 0.15) is 21.8 Å². The topological polar surface area (TPSA) is 64.7 Å². The monoisotopic (exact) mass is 292 g/mol. The van der Waals surface area contributed by atoms with Crippen LogP contribution in [0.15, 0.2) is 82.7 Å². The van der Waals surface area contributed by atoms with Crippen LogP contribution in [0.4, 0.5) is 0 Å². The Morgan fingerprint density at radius 3 is 2.50 bits per heavy atom. The van der Waals surface area contributed by atoms with Crippen molar-refractivity contribution in [2.45, 2.75) is 0 Å². The lowest BCUT2D eigenvalue weighted by Crippen LogP contribution is -2.08. The molecule has 2 heterocycles. The smallest absolute Gasteiger partial charge is 0.400 e. The van der Waals surface area contributed by atoms with E-state index in [1.54, 1.807) is 24.4 Å². The zero-order valence-electron chi connectivity index (χ0n) is 11.5. The van der Waals surface area contributed by atoms with Crippen molar-refractivity contribution in [3.05, 3.63) is 90.1 Å². The minimum absolute atomic E-state index is 0.0946. The largest absolute Gasteiger partial charge is 0.457 e. The fourth-order valence-electron chi connectivity index (χ4n) is 1.87. The SMILES string of the molecule is O=C(O/N=C(/c1ccccc1)c1ccccn1)c1ccco1. The molecule has 3 rings (SSSR count). The molecule has 1 aromatic carbocycles. The number of nitrogens with zero attached hydrogens (tertiary/aromatic N) is 2. The summed E-state index contributed by atoms with van der Waals surface area (Å²) in [7, 11) is 0. The van der Waals surface area contributed by atoms with Gasteiger partial charge in [0, 0.05) is 11.8 Å². The maximum absolute atomic E-state index is 11.8. The Labute approximate surface area is 126 Å². The molecule has 0 radical (unpaired) electrons. The molecule has 5 nitrogen and oxygen atoms in total. The van der Waals surface area contributed by atoms with Crippen LogP contribution in [0.5, 0.6) is 0 Å². The summed E-state index contributed by atoms with van der Waals surface area (Å²) in [6, 6.07) is 18.0. The van der Waals surface area contributed by atoms with Crippen molar-refractivity contribution in [2.24, 2.45) is 5.16 Å². The first-order valence-corrected chi connectivity index (χ1v) is 6.64. The zero-order chi connectivity index (χ0) is 15.2. The summed E-state index contributed by atoms with van der Waals surface area (Å²) in [5, 5.41) is 3.96. The summed E-state index contributed by atoms with van der Waals surface area (Å²) in [5.74, 6) is -0.563. The van der Waals surface area contributed by atoms with E-state index >= 15 is 0 Å². The lowest BCUT2D eigenvalue weighted by molar-refractivity contribution is 0.0480. The quantitative estimate of drug-likeness (QED) is 0.420. The zero-order valence-corrected chi connectivity index (χ0v) is 11.5. The molecule has 0 saturated carbocycles. The molecule has 0 spiro atoms. The van der Waals surface area contributed by atoms with Crippen molar-refractivity contribution >= 4 is 11.7 Å². The molecule has 0 aliphatic rings. The van der Waals surface area contributed by atoms with E-state index in [-0.39, 0.29) is 5.76 Å². The first-order chi connectivity index (χ1) is 10.8. The lowest BCUT2D eigenvalue weighted by Gasteiger charge is -2.05. The van der Waals surface area contributed by atoms with Gasteiger partial charge in [-0.25, -0.2) is 4.79 Å². The van der Waals surface area contributed by atoms with Gasteiger partial charge in [-0.15, -0.1) is 0 Å². The van der Waals surface area contributed by atoms with Crippen molar-refractivity contribution in [1.82, 2.24) is 4.98 Å². The predicted molar refractivity (Wildman–Crippen MR) is 80.4 cm³/mol. The van der Waals surface area contributed by atoms with Gasteiger partial charge in [-0.3, -0.25) is 4.98 Å². The van der Waals surface area contributed by atoms with E-state index in [0.717, 1.165) is 5.56 Å². The summed E-state index contributed by atoms with van der Waals surface area (Å²) in [4.78, 5) is 21.1. The van der Waals surface area contributed by atoms with Gasteiger partial charge >= 0.3 is 5.97 Å². The van der Waals surface area contributed by atoms with E-state index < -0.39 is 5.97 Å². The minimum Gasteiger partial charge on any atom is -0.457 e. The number of rotatable bonds is 4. The van der Waals surface area contributed by atoms with Crippen LogP contribution < -0.4 is 0 Å². The Morgan fingerprint density at radius 2 is 1.82 bits per heavy atom. The van der Waals surface area contributed by atoms with E-state index in [9.17, 15) is 4.79 Å². The number of furan rings is 1. The summed E-state index contributed by atoms with van der Waals surface area (Å²) >= 11 is 0. The van der Waals surface area contributed by atoms with E-state index in [1.807, 2.05) is 36.4 Å². The van der Waals surface area contributed by atoms with Crippen LogP contribution in [0.2, 0.25) is 0 Å². The molecule has 108 valence electrons. The molecule has 0 bridgehead atoms. The average Bonchev–Trinajstić information content (AvgIpc) is 3.11. The third kappa shape index (κ3) is 3.09. The summed E-state index contributed by atoms with van der Waals surface area (Å²) in [6.45, 7) is 0. The Morgan fingerprint density at radius 1 is 1.00 bits per heavy atom. The number of pyridine rings is 1. The normalized spacial score (nSPS) is 11.2. The highest BCUT2D eigenvalue weighted by atomic mass is 16.7. The van der Waals surface area contributed by atoms with Crippen molar-refractivity contribution < 1.29 is 14.0 Å². The highest BCUT2D eigenvalue weighted by molar-refractivity contribution is 6.11. The van der Waals surface area contributed by atoms with Crippen molar-refractivity contribution in [2.75, 3.05) is 0 Å². The molecular weight excluding hydrogens is 280 g/mol. The third-order valence-electron chi connectivity index (χ3n) is 2.90. The molecule has 0 aliphatic heterocycles. The van der Waals surface area contributed by atoms with Crippen molar-refractivity contribution in [3.8, 4) is 0 Å². The van der Waals surface area contributed by atoms with Crippen LogP contribution in [0.25, 0.3) is 0 Å². The van der Waals surface area contributed by atoms with Gasteiger partial charge in [0.15, 0.2) is 0 Å². The Bertz CT molecular complexity index is 725. The summed E-state index contributed by atoms with van der Waals surface area (Å²) in [6.07, 6.45) is 3.05. The second-order valence-electron chi connectivity index (χ2n) is 4.38. The number of carbonyl (C=O) groups is 1. The molecule has 0 amide bonds. The lowest BCUT2D eigenvalue weighted by atomic mass is 10.1. The molecule has 0 N–H and O–H groups in total. The number of benzene rings is 1. The maximum atomic E-state index is 11.8. The molecule has 0 saturated heterocycles. The van der Waals surface area contributed by atoms with Crippen LogP contribution in [0.3, 0.4) is 0 Å². The van der Waals surface area contributed by atoms with E-state index in [0.29, 0.717) is 11.4 Å². The second-order valence-corrected chi connectivity index (χ2v) is 4.38. The molecule has 22 heavy (non-hydrogen) atoms. The number of hydrogen-bond donors (Lipinski definition) is 0. The predicted octanol–water partition coefficient (Wildman–Crippen LogP) is 3.28. The molecule has 2 aromatic heterocycles. The minimum atomic E-state index is -0.658. The summed E-state index contributed by atoms with van der Waals surface area (Å²) < 4.78 is 4.98. The van der Waals surface area contributed by atoms with E-state index in [4.69, 9.17) is 9.25 Å². The van der Waals surface area contributed by atoms with E-state index in [1.165, 1.54) is 12.3 Å². The number of aromatic nitrogens is 1. The van der Waals surface area contributed by atoms with E-state index in [2.05, 4.69) is 10.1 Å². The fourth-order valence-corrected chi connectivity index (χ4v) is 1.87. The number of oxime groups is 1. The fraction of sp³-hybridized carbons (Fsp3) is 0. The molecule has 0 fully saturated rings. The standard InChI is InChI=1S/C17H12N2O3/c20-17(15-10-6-12-21-15)22-19-16(13-7-2-1-3-8-13)14-9-4-5-11-18-14/h1-12H/b19-16-. The van der Waals surface area contributed by atoms with Gasteiger partial charge in [-0.2, -0.15) is 0 Å². The van der Waals surface area contributed by atoms with Crippen molar-refractivity contribution in [3.63, 3.8) is 0 Å². The van der Waals surface area contributed by atoms with Crippen LogP contribution in [0, 0.1) is 0 Å². The first-order valence-electron chi connectivity index (χ1n) is 6.64. The highest BCUT2D eigenvalue weighted by Gasteiger charge is 2.13. The molecule has 3 aromatic rings. The summed E-state index contributed by atoms with van der Waals surface area (Å²) in [5.41, 5.74) is 1.88. The van der Waals surface area contributed by atoms with Gasteiger partial charge in [-0.1, -0.05) is 41.6 Å². The molecule has 5 heteroatoms. The Hall–Kier alpha value is -3.21.